The lowest BCUT2D eigenvalue weighted by molar-refractivity contribution is 0.267. The van der Waals surface area contributed by atoms with E-state index in [4.69, 9.17) is 5.26 Å². The van der Waals surface area contributed by atoms with Crippen LogP contribution in [0.25, 0.3) is 10.9 Å². The molecule has 5 nitrogen and oxygen atoms in total. The molecule has 2 aromatic rings. The van der Waals surface area contributed by atoms with E-state index in [1.165, 1.54) is 0 Å². The normalized spacial score (nSPS) is 10.9. The Morgan fingerprint density at radius 3 is 2.90 bits per heavy atom. The van der Waals surface area contributed by atoms with E-state index in [-0.39, 0.29) is 5.56 Å². The molecular weight excluding hydrogens is 264 g/mol. The molecule has 0 amide bonds. The highest BCUT2D eigenvalue weighted by molar-refractivity contribution is 5.77. The minimum Gasteiger partial charge on any atom is -0.309 e. The highest BCUT2D eigenvalue weighted by atomic mass is 16.1. The average Bonchev–Trinajstić information content (AvgIpc) is 2.50. The zero-order valence-corrected chi connectivity index (χ0v) is 12.3. The maximum Gasteiger partial charge on any atom is 0.258 e. The third kappa shape index (κ3) is 4.14. The van der Waals surface area contributed by atoms with Crippen LogP contribution < -0.4 is 5.56 Å². The lowest BCUT2D eigenvalue weighted by Gasteiger charge is -2.19. The summed E-state index contributed by atoms with van der Waals surface area (Å²) in [5.41, 5.74) is 0.646. The standard InChI is InChI=1S/C16H20N4O/c1-2-20(11-7-3-6-10-17)12-15-18-14-9-5-4-8-13(14)16(21)19-15/h4-5,8-9H,2-3,6-7,11-12H2,1H3,(H,18,19,21). The number of rotatable bonds is 7. The van der Waals surface area contributed by atoms with Crippen molar-refractivity contribution >= 4 is 10.9 Å². The molecule has 0 aliphatic rings. The summed E-state index contributed by atoms with van der Waals surface area (Å²) in [6.07, 6.45) is 2.50. The Bertz CT molecular complexity index is 686. The minimum atomic E-state index is -0.0869. The van der Waals surface area contributed by atoms with Crippen LogP contribution in [0.2, 0.25) is 0 Å². The molecule has 0 radical (unpaired) electrons. The van der Waals surface area contributed by atoms with Gasteiger partial charge in [0.15, 0.2) is 0 Å². The quantitative estimate of drug-likeness (QED) is 0.793. The average molecular weight is 284 g/mol. The lowest BCUT2D eigenvalue weighted by Crippen LogP contribution is -2.26. The van der Waals surface area contributed by atoms with Crippen molar-refractivity contribution in [2.75, 3.05) is 13.1 Å². The number of nitrogens with one attached hydrogen (secondary N) is 1. The summed E-state index contributed by atoms with van der Waals surface area (Å²) in [6.45, 7) is 4.52. The Balaban J connectivity index is 2.07. The van der Waals surface area contributed by atoms with Crippen molar-refractivity contribution in [3.8, 4) is 6.07 Å². The highest BCUT2D eigenvalue weighted by Crippen LogP contribution is 2.08. The summed E-state index contributed by atoms with van der Waals surface area (Å²) < 4.78 is 0. The SMILES string of the molecule is CCN(CCCCC#N)Cc1nc2ccccc2c(=O)[nH]1. The Hall–Kier alpha value is -2.19. The van der Waals surface area contributed by atoms with Crippen LogP contribution in [0.3, 0.4) is 0 Å². The fourth-order valence-corrected chi connectivity index (χ4v) is 2.31. The number of aromatic nitrogens is 2. The largest absolute Gasteiger partial charge is 0.309 e. The molecule has 0 saturated carbocycles. The fraction of sp³-hybridized carbons (Fsp3) is 0.438. The first-order valence-electron chi connectivity index (χ1n) is 7.32. The molecular formula is C16H20N4O. The number of H-pyrrole nitrogens is 1. The molecule has 0 unspecified atom stereocenters. The molecule has 1 heterocycles. The van der Waals surface area contributed by atoms with Crippen LogP contribution in [0.15, 0.2) is 29.1 Å². The molecule has 1 aromatic carbocycles. The van der Waals surface area contributed by atoms with E-state index in [0.29, 0.717) is 24.2 Å². The van der Waals surface area contributed by atoms with Crippen molar-refractivity contribution in [3.63, 3.8) is 0 Å². The lowest BCUT2D eigenvalue weighted by atomic mass is 10.2. The second-order valence-electron chi connectivity index (χ2n) is 5.01. The predicted octanol–water partition coefficient (Wildman–Crippen LogP) is 2.44. The number of fused-ring (bicyclic) bond motifs is 1. The third-order valence-electron chi connectivity index (χ3n) is 3.50. The van der Waals surface area contributed by atoms with Gasteiger partial charge in [-0.2, -0.15) is 5.26 Å². The van der Waals surface area contributed by atoms with Crippen LogP contribution in [0.4, 0.5) is 0 Å². The topological polar surface area (TPSA) is 72.8 Å². The Kier molecular flexibility index (Phi) is 5.47. The van der Waals surface area contributed by atoms with E-state index in [1.807, 2.05) is 18.2 Å². The van der Waals surface area contributed by atoms with Gasteiger partial charge < -0.3 is 4.98 Å². The van der Waals surface area contributed by atoms with Crippen LogP contribution in [-0.2, 0) is 6.54 Å². The number of nitriles is 1. The van der Waals surface area contributed by atoms with Crippen LogP contribution in [0, 0.1) is 11.3 Å². The molecule has 21 heavy (non-hydrogen) atoms. The van der Waals surface area contributed by atoms with Gasteiger partial charge in [-0.05, 0) is 38.1 Å². The summed E-state index contributed by atoms with van der Waals surface area (Å²) in [7, 11) is 0. The molecule has 1 aromatic heterocycles. The molecule has 0 saturated heterocycles. The first kappa shape index (κ1) is 15.2. The molecule has 0 bridgehead atoms. The summed E-state index contributed by atoms with van der Waals surface area (Å²) in [5.74, 6) is 0.695. The van der Waals surface area contributed by atoms with Crippen LogP contribution in [0.5, 0.6) is 0 Å². The molecule has 0 aliphatic heterocycles. The molecule has 0 atom stereocenters. The summed E-state index contributed by atoms with van der Waals surface area (Å²) in [5, 5.41) is 9.17. The van der Waals surface area contributed by atoms with Crippen LogP contribution in [-0.4, -0.2) is 28.0 Å². The first-order valence-corrected chi connectivity index (χ1v) is 7.32. The molecule has 0 spiro atoms. The van der Waals surface area contributed by atoms with Crippen molar-refractivity contribution in [2.45, 2.75) is 32.7 Å². The van der Waals surface area contributed by atoms with Gasteiger partial charge in [0.25, 0.3) is 5.56 Å². The summed E-state index contributed by atoms with van der Waals surface area (Å²) in [6, 6.07) is 9.53. The number of para-hydroxylation sites is 1. The number of unbranched alkanes of at least 4 members (excludes halogenated alkanes) is 2. The first-order chi connectivity index (χ1) is 10.2. The van der Waals surface area contributed by atoms with E-state index < -0.39 is 0 Å². The smallest absolute Gasteiger partial charge is 0.258 e. The van der Waals surface area contributed by atoms with Gasteiger partial charge in [0.1, 0.15) is 5.82 Å². The fourth-order valence-electron chi connectivity index (χ4n) is 2.31. The Morgan fingerprint density at radius 2 is 2.14 bits per heavy atom. The molecule has 5 heteroatoms. The molecule has 1 N–H and O–H groups in total. The van der Waals surface area contributed by atoms with Gasteiger partial charge in [-0.15, -0.1) is 0 Å². The minimum absolute atomic E-state index is 0.0869. The summed E-state index contributed by atoms with van der Waals surface area (Å²) in [4.78, 5) is 21.6. The van der Waals surface area contributed by atoms with Crippen molar-refractivity contribution in [3.05, 3.63) is 40.4 Å². The zero-order valence-electron chi connectivity index (χ0n) is 12.3. The molecule has 110 valence electrons. The van der Waals surface area contributed by atoms with Crippen molar-refractivity contribution < 1.29 is 0 Å². The maximum atomic E-state index is 12.0. The monoisotopic (exact) mass is 284 g/mol. The summed E-state index contributed by atoms with van der Waals surface area (Å²) >= 11 is 0. The number of aromatic amines is 1. The van der Waals surface area contributed by atoms with E-state index in [1.54, 1.807) is 6.07 Å². The van der Waals surface area contributed by atoms with Gasteiger partial charge >= 0.3 is 0 Å². The molecule has 2 rings (SSSR count). The van der Waals surface area contributed by atoms with Crippen molar-refractivity contribution in [1.29, 1.82) is 5.26 Å². The zero-order chi connectivity index (χ0) is 15.1. The molecule has 0 fully saturated rings. The van der Waals surface area contributed by atoms with Gasteiger partial charge in [-0.3, -0.25) is 9.69 Å². The van der Waals surface area contributed by atoms with Crippen molar-refractivity contribution in [2.24, 2.45) is 0 Å². The second-order valence-corrected chi connectivity index (χ2v) is 5.01. The number of hydrogen-bond acceptors (Lipinski definition) is 4. The van der Waals surface area contributed by atoms with E-state index in [9.17, 15) is 4.79 Å². The van der Waals surface area contributed by atoms with E-state index in [0.717, 1.165) is 31.4 Å². The highest BCUT2D eigenvalue weighted by Gasteiger charge is 2.08. The van der Waals surface area contributed by atoms with Crippen LogP contribution >= 0.6 is 0 Å². The maximum absolute atomic E-state index is 12.0. The van der Waals surface area contributed by atoms with Crippen molar-refractivity contribution in [1.82, 2.24) is 14.9 Å². The Morgan fingerprint density at radius 1 is 1.33 bits per heavy atom. The second kappa shape index (κ2) is 7.55. The predicted molar refractivity (Wildman–Crippen MR) is 82.8 cm³/mol. The van der Waals surface area contributed by atoms with Gasteiger partial charge in [-0.25, -0.2) is 4.98 Å². The van der Waals surface area contributed by atoms with Gasteiger partial charge in [0.2, 0.25) is 0 Å². The van der Waals surface area contributed by atoms with E-state index >= 15 is 0 Å². The number of hydrogen-bond donors (Lipinski definition) is 1. The van der Waals surface area contributed by atoms with Crippen LogP contribution in [0.1, 0.15) is 32.0 Å². The van der Waals surface area contributed by atoms with Gasteiger partial charge in [0, 0.05) is 6.42 Å². The van der Waals surface area contributed by atoms with Gasteiger partial charge in [0.05, 0.1) is 23.5 Å². The number of nitrogens with zero attached hydrogens (tertiary/aromatic N) is 3. The Labute approximate surface area is 124 Å². The van der Waals surface area contributed by atoms with Gasteiger partial charge in [-0.1, -0.05) is 19.1 Å². The molecule has 0 aliphatic carbocycles. The van der Waals surface area contributed by atoms with E-state index in [2.05, 4.69) is 27.9 Å². The third-order valence-corrected chi connectivity index (χ3v) is 3.50. The number of benzene rings is 1.